The number of rotatable bonds is 3. The molecule has 2 rings (SSSR count). The van der Waals surface area contributed by atoms with Crippen LogP contribution in [0.3, 0.4) is 0 Å². The fourth-order valence-corrected chi connectivity index (χ4v) is 1.83. The maximum absolute atomic E-state index is 11.5. The van der Waals surface area contributed by atoms with Gasteiger partial charge in [-0.3, -0.25) is 19.9 Å². The predicted molar refractivity (Wildman–Crippen MR) is 63.3 cm³/mol. The molecular formula is C11H16N4O3. The van der Waals surface area contributed by atoms with Crippen LogP contribution in [0.5, 0.6) is 0 Å². The molecule has 1 aliphatic rings. The van der Waals surface area contributed by atoms with Crippen molar-refractivity contribution in [3.05, 3.63) is 23.7 Å². The smallest absolute Gasteiger partial charge is 0.268 e. The summed E-state index contributed by atoms with van der Waals surface area (Å²) >= 11 is 0. The van der Waals surface area contributed by atoms with Crippen molar-refractivity contribution in [3.8, 4) is 0 Å². The van der Waals surface area contributed by atoms with Crippen LogP contribution in [-0.2, 0) is 11.3 Å². The van der Waals surface area contributed by atoms with Gasteiger partial charge in [-0.25, -0.2) is 5.84 Å². The number of nitrogens with one attached hydrogen (secondary N) is 1. The summed E-state index contributed by atoms with van der Waals surface area (Å²) in [6.45, 7) is 2.38. The first-order valence-electron chi connectivity index (χ1n) is 5.65. The van der Waals surface area contributed by atoms with Gasteiger partial charge < -0.3 is 9.32 Å². The number of likely N-dealkylation sites (N-methyl/N-ethyl adjacent to an activating group) is 1. The lowest BCUT2D eigenvalue weighted by atomic mass is 10.2. The number of piperazine rings is 1. The van der Waals surface area contributed by atoms with Gasteiger partial charge in [-0.15, -0.1) is 0 Å². The molecule has 1 aromatic heterocycles. The highest BCUT2D eigenvalue weighted by molar-refractivity contribution is 5.93. The minimum Gasteiger partial charge on any atom is -0.467 e. The SMILES string of the molecule is CN1CCN(Cc2cc(C(=O)NN)co2)CC1=O. The van der Waals surface area contributed by atoms with Gasteiger partial charge in [0.05, 0.1) is 18.7 Å². The lowest BCUT2D eigenvalue weighted by molar-refractivity contribution is -0.134. The number of nitrogens with two attached hydrogens (primary N) is 1. The van der Waals surface area contributed by atoms with Gasteiger partial charge in [0.15, 0.2) is 0 Å². The van der Waals surface area contributed by atoms with Crippen LogP contribution in [-0.4, -0.2) is 48.3 Å². The Morgan fingerprint density at radius 2 is 2.33 bits per heavy atom. The number of carbonyl (C=O) groups excluding carboxylic acids is 2. The normalized spacial score (nSPS) is 17.0. The first kappa shape index (κ1) is 12.6. The molecule has 0 radical (unpaired) electrons. The number of furan rings is 1. The molecule has 0 aliphatic carbocycles. The lowest BCUT2D eigenvalue weighted by Crippen LogP contribution is -2.47. The molecule has 7 nitrogen and oxygen atoms in total. The van der Waals surface area contributed by atoms with Crippen molar-refractivity contribution in [2.24, 2.45) is 5.84 Å². The van der Waals surface area contributed by atoms with Crippen LogP contribution in [0.25, 0.3) is 0 Å². The topological polar surface area (TPSA) is 91.8 Å². The molecule has 98 valence electrons. The minimum absolute atomic E-state index is 0.0905. The number of nitrogens with zero attached hydrogens (tertiary/aromatic N) is 2. The molecule has 18 heavy (non-hydrogen) atoms. The van der Waals surface area contributed by atoms with Crippen LogP contribution in [0.4, 0.5) is 0 Å². The Kier molecular flexibility index (Phi) is 3.63. The van der Waals surface area contributed by atoms with E-state index in [9.17, 15) is 9.59 Å². The largest absolute Gasteiger partial charge is 0.467 e. The fourth-order valence-electron chi connectivity index (χ4n) is 1.83. The molecule has 0 aromatic carbocycles. The van der Waals surface area contributed by atoms with E-state index in [0.29, 0.717) is 31.0 Å². The van der Waals surface area contributed by atoms with Crippen molar-refractivity contribution in [2.45, 2.75) is 6.54 Å². The third-order valence-electron chi connectivity index (χ3n) is 2.96. The summed E-state index contributed by atoms with van der Waals surface area (Å²) in [4.78, 5) is 26.4. The van der Waals surface area contributed by atoms with Crippen LogP contribution in [0, 0.1) is 0 Å². The Morgan fingerprint density at radius 3 is 3.00 bits per heavy atom. The fraction of sp³-hybridized carbons (Fsp3) is 0.455. The molecule has 1 saturated heterocycles. The first-order valence-corrected chi connectivity index (χ1v) is 5.65. The summed E-state index contributed by atoms with van der Waals surface area (Å²) in [5, 5.41) is 0. The third kappa shape index (κ3) is 2.69. The maximum Gasteiger partial charge on any atom is 0.268 e. The van der Waals surface area contributed by atoms with E-state index in [1.165, 1.54) is 6.26 Å². The summed E-state index contributed by atoms with van der Waals surface area (Å²) in [6.07, 6.45) is 1.36. The van der Waals surface area contributed by atoms with Gasteiger partial charge in [-0.05, 0) is 6.07 Å². The highest BCUT2D eigenvalue weighted by Gasteiger charge is 2.22. The molecule has 3 N–H and O–H groups in total. The zero-order chi connectivity index (χ0) is 13.1. The summed E-state index contributed by atoms with van der Waals surface area (Å²) in [5.74, 6) is 5.37. The predicted octanol–water partition coefficient (Wildman–Crippen LogP) is -0.843. The van der Waals surface area contributed by atoms with E-state index >= 15 is 0 Å². The van der Waals surface area contributed by atoms with E-state index in [0.717, 1.165) is 6.54 Å². The Hall–Kier alpha value is -1.86. The number of hydrogen-bond acceptors (Lipinski definition) is 5. The van der Waals surface area contributed by atoms with Gasteiger partial charge in [0, 0.05) is 20.1 Å². The third-order valence-corrected chi connectivity index (χ3v) is 2.96. The molecule has 0 atom stereocenters. The molecule has 2 heterocycles. The maximum atomic E-state index is 11.5. The Bertz CT molecular complexity index is 457. The molecule has 0 spiro atoms. The molecule has 0 saturated carbocycles. The van der Waals surface area contributed by atoms with E-state index in [-0.39, 0.29) is 11.8 Å². The van der Waals surface area contributed by atoms with Gasteiger partial charge >= 0.3 is 0 Å². The van der Waals surface area contributed by atoms with Crippen LogP contribution in [0.15, 0.2) is 16.7 Å². The van der Waals surface area contributed by atoms with Crippen molar-refractivity contribution in [1.82, 2.24) is 15.2 Å². The summed E-state index contributed by atoms with van der Waals surface area (Å²) in [6, 6.07) is 1.63. The molecule has 0 unspecified atom stereocenters. The zero-order valence-electron chi connectivity index (χ0n) is 10.2. The van der Waals surface area contributed by atoms with Crippen molar-refractivity contribution >= 4 is 11.8 Å². The quantitative estimate of drug-likeness (QED) is 0.415. The van der Waals surface area contributed by atoms with E-state index in [1.54, 1.807) is 18.0 Å². The Balaban J connectivity index is 1.95. The van der Waals surface area contributed by atoms with E-state index in [4.69, 9.17) is 10.3 Å². The average Bonchev–Trinajstić information content (AvgIpc) is 2.81. The van der Waals surface area contributed by atoms with E-state index in [1.807, 2.05) is 10.3 Å². The van der Waals surface area contributed by atoms with Gasteiger partial charge in [-0.1, -0.05) is 0 Å². The molecule has 7 heteroatoms. The molecule has 1 aliphatic heterocycles. The van der Waals surface area contributed by atoms with Gasteiger partial charge in [0.25, 0.3) is 5.91 Å². The van der Waals surface area contributed by atoms with Gasteiger partial charge in [0.1, 0.15) is 12.0 Å². The Morgan fingerprint density at radius 1 is 1.56 bits per heavy atom. The Labute approximate surface area is 104 Å². The van der Waals surface area contributed by atoms with Crippen molar-refractivity contribution in [2.75, 3.05) is 26.7 Å². The monoisotopic (exact) mass is 252 g/mol. The van der Waals surface area contributed by atoms with Crippen LogP contribution >= 0.6 is 0 Å². The van der Waals surface area contributed by atoms with Gasteiger partial charge in [-0.2, -0.15) is 0 Å². The lowest BCUT2D eigenvalue weighted by Gasteiger charge is -2.31. The minimum atomic E-state index is -0.389. The number of hydrazine groups is 1. The van der Waals surface area contributed by atoms with Gasteiger partial charge in [0.2, 0.25) is 5.91 Å². The first-order chi connectivity index (χ1) is 8.60. The summed E-state index contributed by atoms with van der Waals surface area (Å²) in [7, 11) is 1.79. The second-order valence-corrected chi connectivity index (χ2v) is 4.30. The van der Waals surface area contributed by atoms with Crippen LogP contribution in [0.1, 0.15) is 16.1 Å². The van der Waals surface area contributed by atoms with E-state index < -0.39 is 0 Å². The van der Waals surface area contributed by atoms with Crippen molar-refractivity contribution in [1.29, 1.82) is 0 Å². The number of hydrogen-bond donors (Lipinski definition) is 2. The van der Waals surface area contributed by atoms with Crippen molar-refractivity contribution in [3.63, 3.8) is 0 Å². The summed E-state index contributed by atoms with van der Waals surface area (Å²) < 4.78 is 5.27. The average molecular weight is 252 g/mol. The highest BCUT2D eigenvalue weighted by atomic mass is 16.3. The standard InChI is InChI=1S/C11H16N4O3/c1-14-2-3-15(6-10(14)16)5-9-4-8(7-18-9)11(17)13-12/h4,7H,2-3,5-6,12H2,1H3,(H,13,17). The second kappa shape index (κ2) is 5.19. The van der Waals surface area contributed by atoms with Crippen LogP contribution < -0.4 is 11.3 Å². The molecule has 2 amide bonds. The highest BCUT2D eigenvalue weighted by Crippen LogP contribution is 2.12. The molecule has 1 fully saturated rings. The van der Waals surface area contributed by atoms with Crippen molar-refractivity contribution < 1.29 is 14.0 Å². The van der Waals surface area contributed by atoms with Crippen LogP contribution in [0.2, 0.25) is 0 Å². The van der Waals surface area contributed by atoms with E-state index in [2.05, 4.69) is 0 Å². The molecular weight excluding hydrogens is 236 g/mol. The summed E-state index contributed by atoms with van der Waals surface area (Å²) in [5.41, 5.74) is 2.42. The molecule has 0 bridgehead atoms. The second-order valence-electron chi connectivity index (χ2n) is 4.30. The number of nitrogen functional groups attached to an aromatic ring is 1. The zero-order valence-corrected chi connectivity index (χ0v) is 10.2. The number of carbonyl (C=O) groups is 2. The molecule has 1 aromatic rings. The number of amides is 2.